The molecule has 0 aromatic carbocycles. The Balaban J connectivity index is 4.53. The summed E-state index contributed by atoms with van der Waals surface area (Å²) in [6.45, 7) is 11.2. The molecule has 0 heterocycles. The summed E-state index contributed by atoms with van der Waals surface area (Å²) < 4.78 is 5.38. The van der Waals surface area contributed by atoms with E-state index in [1.165, 1.54) is 13.8 Å². The maximum Gasteiger partial charge on any atom is 0.242 e. The Morgan fingerprint density at radius 2 is 1.35 bits per heavy atom. The number of hydrogen-bond acceptors (Lipinski definition) is 6. The molecule has 0 bridgehead atoms. The molecule has 31 heavy (non-hydrogen) atoms. The fourth-order valence-corrected chi connectivity index (χ4v) is 2.49. The van der Waals surface area contributed by atoms with Crippen LogP contribution in [0.15, 0.2) is 0 Å². The van der Waals surface area contributed by atoms with Crippen molar-refractivity contribution < 1.29 is 28.7 Å². The molecule has 10 heteroatoms. The number of Topliss-reactive ketones (excluding diaryl/α,β-unsaturated/α-hetero) is 1. The fourth-order valence-electron chi connectivity index (χ4n) is 2.49. The van der Waals surface area contributed by atoms with Gasteiger partial charge in [0.05, 0.1) is 19.1 Å². The number of ether oxygens (including phenoxy) is 1. The number of carbonyl (C=O) groups excluding carboxylic acids is 5. The molecule has 178 valence electrons. The zero-order chi connectivity index (χ0) is 24.1. The van der Waals surface area contributed by atoms with E-state index >= 15 is 0 Å². The quantitative estimate of drug-likeness (QED) is 0.262. The SMILES string of the molecule is CC(C)CCOCCC(=O)N[C@@H](C)C(=O)N[C@@H](C)C(=O)NC(CC(N)=O)C(=O)C(C)C. The first-order valence-electron chi connectivity index (χ1n) is 10.6. The highest BCUT2D eigenvalue weighted by Crippen LogP contribution is 2.04. The third kappa shape index (κ3) is 12.7. The summed E-state index contributed by atoms with van der Waals surface area (Å²) in [5, 5.41) is 7.48. The molecular formula is C21H38N4O6. The van der Waals surface area contributed by atoms with Crippen LogP contribution in [-0.2, 0) is 28.7 Å². The van der Waals surface area contributed by atoms with Gasteiger partial charge in [0, 0.05) is 18.9 Å². The first-order chi connectivity index (χ1) is 14.3. The number of ketones is 1. The van der Waals surface area contributed by atoms with E-state index in [9.17, 15) is 24.0 Å². The van der Waals surface area contributed by atoms with Crippen molar-refractivity contribution in [3.63, 3.8) is 0 Å². The highest BCUT2D eigenvalue weighted by atomic mass is 16.5. The molecule has 0 spiro atoms. The number of primary amides is 1. The summed E-state index contributed by atoms with van der Waals surface area (Å²) in [6.07, 6.45) is 0.705. The topological polar surface area (TPSA) is 157 Å². The van der Waals surface area contributed by atoms with Crippen LogP contribution in [0.5, 0.6) is 0 Å². The van der Waals surface area contributed by atoms with E-state index in [0.717, 1.165) is 6.42 Å². The van der Waals surface area contributed by atoms with Gasteiger partial charge in [-0.25, -0.2) is 0 Å². The molecule has 0 aliphatic carbocycles. The van der Waals surface area contributed by atoms with E-state index in [1.807, 2.05) is 0 Å². The second kappa shape index (κ2) is 14.5. The van der Waals surface area contributed by atoms with Crippen molar-refractivity contribution >= 4 is 29.4 Å². The lowest BCUT2D eigenvalue weighted by molar-refractivity contribution is -0.134. The van der Waals surface area contributed by atoms with Crippen molar-refractivity contribution in [2.75, 3.05) is 13.2 Å². The molecule has 0 aromatic rings. The fraction of sp³-hybridized carbons (Fsp3) is 0.762. The minimum absolute atomic E-state index is 0.123. The average Bonchev–Trinajstić information content (AvgIpc) is 2.65. The molecule has 3 atom stereocenters. The third-order valence-electron chi connectivity index (χ3n) is 4.47. The summed E-state index contributed by atoms with van der Waals surface area (Å²) in [7, 11) is 0. The highest BCUT2D eigenvalue weighted by molar-refractivity contribution is 5.96. The molecule has 4 amide bonds. The maximum absolute atomic E-state index is 12.4. The van der Waals surface area contributed by atoms with Gasteiger partial charge < -0.3 is 26.4 Å². The summed E-state index contributed by atoms with van der Waals surface area (Å²) >= 11 is 0. The molecule has 5 N–H and O–H groups in total. The molecule has 0 aliphatic heterocycles. The zero-order valence-corrected chi connectivity index (χ0v) is 19.4. The molecule has 0 saturated carbocycles. The second-order valence-electron chi connectivity index (χ2n) is 8.35. The van der Waals surface area contributed by atoms with Gasteiger partial charge in [-0.1, -0.05) is 27.7 Å². The Morgan fingerprint density at radius 3 is 1.87 bits per heavy atom. The number of hydrogen-bond donors (Lipinski definition) is 4. The summed E-state index contributed by atoms with van der Waals surface area (Å²) in [6, 6.07) is -2.91. The van der Waals surface area contributed by atoms with E-state index in [0.29, 0.717) is 12.5 Å². The first-order valence-corrected chi connectivity index (χ1v) is 10.6. The van der Waals surface area contributed by atoms with Crippen LogP contribution in [0.2, 0.25) is 0 Å². The van der Waals surface area contributed by atoms with E-state index in [1.54, 1.807) is 13.8 Å². The minimum atomic E-state index is -1.06. The molecule has 1 unspecified atom stereocenters. The van der Waals surface area contributed by atoms with E-state index in [2.05, 4.69) is 29.8 Å². The third-order valence-corrected chi connectivity index (χ3v) is 4.47. The van der Waals surface area contributed by atoms with Crippen LogP contribution >= 0.6 is 0 Å². The monoisotopic (exact) mass is 442 g/mol. The van der Waals surface area contributed by atoms with Crippen LogP contribution in [0.25, 0.3) is 0 Å². The van der Waals surface area contributed by atoms with Gasteiger partial charge >= 0.3 is 0 Å². The lowest BCUT2D eigenvalue weighted by atomic mass is 9.98. The number of amides is 4. The molecule has 0 radical (unpaired) electrons. The Labute approximate surface area is 184 Å². The van der Waals surface area contributed by atoms with Gasteiger partial charge in [-0.3, -0.25) is 24.0 Å². The molecular weight excluding hydrogens is 404 g/mol. The van der Waals surface area contributed by atoms with Crippen molar-refractivity contribution in [1.82, 2.24) is 16.0 Å². The summed E-state index contributed by atoms with van der Waals surface area (Å²) in [4.78, 5) is 59.9. The number of nitrogens with two attached hydrogens (primary N) is 1. The van der Waals surface area contributed by atoms with Gasteiger partial charge in [0.25, 0.3) is 0 Å². The second-order valence-corrected chi connectivity index (χ2v) is 8.35. The lowest BCUT2D eigenvalue weighted by Gasteiger charge is -2.22. The predicted octanol–water partition coefficient (Wildman–Crippen LogP) is 0.0339. The minimum Gasteiger partial charge on any atom is -0.381 e. The van der Waals surface area contributed by atoms with Crippen molar-refractivity contribution in [2.45, 2.75) is 78.9 Å². The lowest BCUT2D eigenvalue weighted by Crippen LogP contribution is -2.54. The molecule has 10 nitrogen and oxygen atoms in total. The Kier molecular flexibility index (Phi) is 13.3. The predicted molar refractivity (Wildman–Crippen MR) is 116 cm³/mol. The number of carbonyl (C=O) groups is 5. The van der Waals surface area contributed by atoms with E-state index in [-0.39, 0.29) is 31.1 Å². The van der Waals surface area contributed by atoms with E-state index in [4.69, 9.17) is 10.5 Å². The smallest absolute Gasteiger partial charge is 0.242 e. The van der Waals surface area contributed by atoms with Crippen LogP contribution in [-0.4, -0.2) is 60.8 Å². The highest BCUT2D eigenvalue weighted by Gasteiger charge is 2.28. The Hall–Kier alpha value is -2.49. The van der Waals surface area contributed by atoms with Crippen molar-refractivity contribution in [3.05, 3.63) is 0 Å². The van der Waals surface area contributed by atoms with E-state index < -0.39 is 41.8 Å². The van der Waals surface area contributed by atoms with Crippen molar-refractivity contribution in [1.29, 1.82) is 0 Å². The van der Waals surface area contributed by atoms with Crippen molar-refractivity contribution in [3.8, 4) is 0 Å². The molecule has 0 aromatic heterocycles. The zero-order valence-electron chi connectivity index (χ0n) is 19.4. The molecule has 0 saturated heterocycles. The van der Waals surface area contributed by atoms with Crippen LogP contribution < -0.4 is 21.7 Å². The van der Waals surface area contributed by atoms with Gasteiger partial charge in [0.15, 0.2) is 5.78 Å². The van der Waals surface area contributed by atoms with Crippen LogP contribution in [0.3, 0.4) is 0 Å². The Bertz CT molecular complexity index is 635. The van der Waals surface area contributed by atoms with Crippen LogP contribution in [0.1, 0.15) is 60.8 Å². The molecule has 0 aliphatic rings. The average molecular weight is 443 g/mol. The van der Waals surface area contributed by atoms with Gasteiger partial charge in [-0.2, -0.15) is 0 Å². The standard InChI is InChI=1S/C21H38N4O6/c1-12(2)7-9-31-10-8-18(27)23-14(5)20(29)24-15(6)21(30)25-16(11-17(22)26)19(28)13(3)4/h12-16H,7-11H2,1-6H3,(H2,22,26)(H,23,27)(H,24,29)(H,25,30)/t14-,15-,16?/m0/s1. The van der Waals surface area contributed by atoms with Gasteiger partial charge in [-0.05, 0) is 26.2 Å². The van der Waals surface area contributed by atoms with Gasteiger partial charge in [0.2, 0.25) is 23.6 Å². The maximum atomic E-state index is 12.4. The van der Waals surface area contributed by atoms with Crippen LogP contribution in [0, 0.1) is 11.8 Å². The molecule has 0 fully saturated rings. The summed E-state index contributed by atoms with van der Waals surface area (Å²) in [5.41, 5.74) is 5.15. The van der Waals surface area contributed by atoms with Gasteiger partial charge in [-0.15, -0.1) is 0 Å². The van der Waals surface area contributed by atoms with Crippen molar-refractivity contribution in [2.24, 2.45) is 17.6 Å². The number of rotatable bonds is 15. The Morgan fingerprint density at radius 1 is 0.806 bits per heavy atom. The largest absolute Gasteiger partial charge is 0.381 e. The van der Waals surface area contributed by atoms with Crippen LogP contribution in [0.4, 0.5) is 0 Å². The summed E-state index contributed by atoms with van der Waals surface area (Å²) in [5.74, 6) is -2.47. The first kappa shape index (κ1) is 28.5. The normalized spacial score (nSPS) is 13.9. The van der Waals surface area contributed by atoms with Gasteiger partial charge in [0.1, 0.15) is 12.1 Å². The molecule has 0 rings (SSSR count). The number of nitrogens with one attached hydrogen (secondary N) is 3.